The molecule has 1 rings (SSSR count). The molecule has 0 radical (unpaired) electrons. The number of nitrogens with two attached hydrogens (primary N) is 1. The number of rotatable bonds is 30. The molecule has 0 aliphatic rings. The Morgan fingerprint density at radius 3 is 1.83 bits per heavy atom. The largest absolute Gasteiger partial charge is 0.394 e. The van der Waals surface area contributed by atoms with E-state index in [4.69, 9.17) is 19.7 Å². The van der Waals surface area contributed by atoms with Crippen LogP contribution in [0.4, 0.5) is 5.82 Å². The highest BCUT2D eigenvalue weighted by molar-refractivity contribution is 7.52. The van der Waals surface area contributed by atoms with Gasteiger partial charge < -0.3 is 29.7 Å². The number of ether oxygens (including phenoxy) is 2. The maximum absolute atomic E-state index is 12.2. The second-order valence-corrected chi connectivity index (χ2v) is 13.1. The molecule has 0 aliphatic carbocycles. The first-order valence-electron chi connectivity index (χ1n) is 16.5. The topological polar surface area (TPSA) is 146 Å². The van der Waals surface area contributed by atoms with Gasteiger partial charge in [-0.2, -0.15) is 4.98 Å². The molecule has 4 N–H and O–H groups in total. The summed E-state index contributed by atoms with van der Waals surface area (Å²) in [5, 5.41) is 9.48. The van der Waals surface area contributed by atoms with Gasteiger partial charge in [0.25, 0.3) is 0 Å². The molecule has 0 fully saturated rings. The zero-order chi connectivity index (χ0) is 30.7. The molecule has 0 spiro atoms. The summed E-state index contributed by atoms with van der Waals surface area (Å²) in [6.45, 7) is 3.03. The van der Waals surface area contributed by atoms with Gasteiger partial charge in [0.1, 0.15) is 12.2 Å². The Morgan fingerprint density at radius 2 is 1.33 bits per heavy atom. The number of nitrogens with zero attached hydrogens (tertiary/aromatic N) is 2. The van der Waals surface area contributed by atoms with Crippen molar-refractivity contribution in [2.24, 2.45) is 0 Å². The van der Waals surface area contributed by atoms with E-state index < -0.39 is 32.3 Å². The SMILES string of the molecule is CCCCCCCCCCCCCCCCCCCCOCCCOP(=O)(O)CO[C@H](CO)Cn1ccc(N)nc1=O. The molecule has 10 nitrogen and oxygen atoms in total. The van der Waals surface area contributed by atoms with E-state index in [1.54, 1.807) is 0 Å². The lowest BCUT2D eigenvalue weighted by Crippen LogP contribution is -2.32. The molecule has 246 valence electrons. The fourth-order valence-corrected chi connectivity index (χ4v) is 5.66. The number of aliphatic hydroxyl groups is 1. The van der Waals surface area contributed by atoms with Crippen molar-refractivity contribution in [2.45, 2.75) is 142 Å². The van der Waals surface area contributed by atoms with Crippen molar-refractivity contribution < 1.29 is 28.6 Å². The predicted octanol–water partition coefficient (Wildman–Crippen LogP) is 6.81. The fourth-order valence-electron chi connectivity index (χ4n) is 4.78. The van der Waals surface area contributed by atoms with Crippen LogP contribution in [0.1, 0.15) is 129 Å². The zero-order valence-electron chi connectivity index (χ0n) is 26.3. The molecule has 1 aromatic heterocycles. The summed E-state index contributed by atoms with van der Waals surface area (Å²) in [5.41, 5.74) is 4.86. The first-order valence-corrected chi connectivity index (χ1v) is 18.2. The Balaban J connectivity index is 1.87. The third-order valence-corrected chi connectivity index (χ3v) is 8.40. The molecule has 1 heterocycles. The Labute approximate surface area is 254 Å². The van der Waals surface area contributed by atoms with Gasteiger partial charge in [-0.05, 0) is 18.9 Å². The van der Waals surface area contributed by atoms with Crippen LogP contribution < -0.4 is 11.4 Å². The molecular formula is C31H60N3O7P. The van der Waals surface area contributed by atoms with Crippen molar-refractivity contribution in [1.29, 1.82) is 0 Å². The summed E-state index contributed by atoms with van der Waals surface area (Å²) in [7, 11) is -3.99. The highest BCUT2D eigenvalue weighted by Gasteiger charge is 2.22. The van der Waals surface area contributed by atoms with Crippen LogP contribution in [0.3, 0.4) is 0 Å². The van der Waals surface area contributed by atoms with Gasteiger partial charge in [0.15, 0.2) is 0 Å². The van der Waals surface area contributed by atoms with Gasteiger partial charge in [0, 0.05) is 19.4 Å². The lowest BCUT2D eigenvalue weighted by Gasteiger charge is -2.19. The number of nitrogen functional groups attached to an aromatic ring is 1. The Hall–Kier alpha value is -1.29. The molecule has 42 heavy (non-hydrogen) atoms. The highest BCUT2D eigenvalue weighted by Crippen LogP contribution is 2.42. The van der Waals surface area contributed by atoms with Gasteiger partial charge in [0.05, 0.1) is 25.9 Å². The lowest BCUT2D eigenvalue weighted by atomic mass is 10.0. The molecule has 0 amide bonds. The van der Waals surface area contributed by atoms with Crippen LogP contribution in [0.2, 0.25) is 0 Å². The highest BCUT2D eigenvalue weighted by atomic mass is 31.2. The van der Waals surface area contributed by atoms with Gasteiger partial charge in [0.2, 0.25) is 0 Å². The molecule has 2 atom stereocenters. The smallest absolute Gasteiger partial charge is 0.353 e. The Bertz CT molecular complexity index is 871. The van der Waals surface area contributed by atoms with E-state index in [1.807, 2.05) is 0 Å². The van der Waals surface area contributed by atoms with E-state index in [-0.39, 0.29) is 19.0 Å². The van der Waals surface area contributed by atoms with Crippen molar-refractivity contribution in [3.05, 3.63) is 22.7 Å². The van der Waals surface area contributed by atoms with Gasteiger partial charge in [-0.15, -0.1) is 0 Å². The number of hydrogen-bond donors (Lipinski definition) is 3. The van der Waals surface area contributed by atoms with Crippen molar-refractivity contribution in [3.8, 4) is 0 Å². The zero-order valence-corrected chi connectivity index (χ0v) is 27.2. The molecule has 0 saturated carbocycles. The summed E-state index contributed by atoms with van der Waals surface area (Å²) in [4.78, 5) is 25.4. The van der Waals surface area contributed by atoms with Crippen molar-refractivity contribution in [3.63, 3.8) is 0 Å². The minimum absolute atomic E-state index is 0.0319. The summed E-state index contributed by atoms with van der Waals surface area (Å²) in [6, 6.07) is 1.44. The fraction of sp³-hybridized carbons (Fsp3) is 0.871. The molecule has 0 aromatic carbocycles. The van der Waals surface area contributed by atoms with E-state index in [1.165, 1.54) is 126 Å². The van der Waals surface area contributed by atoms with E-state index in [0.29, 0.717) is 19.6 Å². The number of aromatic nitrogens is 2. The van der Waals surface area contributed by atoms with Crippen LogP contribution in [0.25, 0.3) is 0 Å². The second-order valence-electron chi connectivity index (χ2n) is 11.3. The van der Waals surface area contributed by atoms with Crippen LogP contribution in [0, 0.1) is 0 Å². The second kappa shape index (κ2) is 26.1. The molecule has 0 bridgehead atoms. The molecule has 1 unspecified atom stereocenters. The van der Waals surface area contributed by atoms with Gasteiger partial charge in [-0.3, -0.25) is 9.13 Å². The van der Waals surface area contributed by atoms with Gasteiger partial charge >= 0.3 is 13.3 Å². The number of aliphatic hydroxyl groups excluding tert-OH is 1. The van der Waals surface area contributed by atoms with Crippen LogP contribution in [-0.2, 0) is 25.1 Å². The number of unbranched alkanes of at least 4 members (excludes halogenated alkanes) is 17. The van der Waals surface area contributed by atoms with E-state index in [0.717, 1.165) is 6.42 Å². The molecule has 0 aliphatic heterocycles. The maximum Gasteiger partial charge on any atom is 0.353 e. The maximum atomic E-state index is 12.2. The Kier molecular flexibility index (Phi) is 24.1. The normalized spacial score (nSPS) is 13.8. The van der Waals surface area contributed by atoms with E-state index >= 15 is 0 Å². The Morgan fingerprint density at radius 1 is 0.833 bits per heavy atom. The van der Waals surface area contributed by atoms with Crippen LogP contribution in [0.5, 0.6) is 0 Å². The third-order valence-electron chi connectivity index (χ3n) is 7.34. The summed E-state index contributed by atoms with van der Waals surface area (Å²) < 4.78 is 29.4. The van der Waals surface area contributed by atoms with Crippen molar-refractivity contribution in [2.75, 3.05) is 38.5 Å². The predicted molar refractivity (Wildman–Crippen MR) is 170 cm³/mol. The minimum Gasteiger partial charge on any atom is -0.394 e. The van der Waals surface area contributed by atoms with Crippen molar-refractivity contribution >= 4 is 13.4 Å². The molecule has 1 aromatic rings. The average Bonchev–Trinajstić information content (AvgIpc) is 2.96. The van der Waals surface area contributed by atoms with Gasteiger partial charge in [-0.1, -0.05) is 116 Å². The monoisotopic (exact) mass is 617 g/mol. The van der Waals surface area contributed by atoms with Crippen LogP contribution >= 0.6 is 7.60 Å². The summed E-state index contributed by atoms with van der Waals surface area (Å²) >= 11 is 0. The standard InChI is InChI=1S/C31H60N3O7P/c1-2-3-4-5-6-7-8-9-10-11-12-13-14-15-16-17-18-19-23-39-24-20-25-41-42(37,38)28-40-29(27-35)26-34-22-21-30(32)33-31(34)36/h21-22,29,35H,2-20,23-28H2,1H3,(H,37,38)(H2,32,33,36)/t29-/m0/s1. The number of hydrogen-bond acceptors (Lipinski definition) is 8. The average molecular weight is 618 g/mol. The molecule has 11 heteroatoms. The summed E-state index contributed by atoms with van der Waals surface area (Å²) in [6.07, 6.45) is 24.8. The van der Waals surface area contributed by atoms with Gasteiger partial charge in [-0.25, -0.2) is 4.79 Å². The molecular weight excluding hydrogens is 557 g/mol. The quantitative estimate of drug-likeness (QED) is 0.0626. The summed E-state index contributed by atoms with van der Waals surface area (Å²) in [5.74, 6) is 0.0883. The van der Waals surface area contributed by atoms with Crippen LogP contribution in [-0.4, -0.2) is 58.4 Å². The van der Waals surface area contributed by atoms with E-state index in [2.05, 4.69) is 11.9 Å². The first-order chi connectivity index (χ1) is 20.4. The van der Waals surface area contributed by atoms with Crippen molar-refractivity contribution in [1.82, 2.24) is 9.55 Å². The minimum atomic E-state index is -3.99. The van der Waals surface area contributed by atoms with Crippen LogP contribution in [0.15, 0.2) is 17.1 Å². The lowest BCUT2D eigenvalue weighted by molar-refractivity contribution is 0.0162. The van der Waals surface area contributed by atoms with E-state index in [9.17, 15) is 19.4 Å². The third kappa shape index (κ3) is 22.3. The molecule has 0 saturated heterocycles. The number of anilines is 1. The first kappa shape index (κ1) is 38.7.